The summed E-state index contributed by atoms with van der Waals surface area (Å²) in [6, 6.07) is 26.7. The van der Waals surface area contributed by atoms with Gasteiger partial charge in [-0.05, 0) is 171 Å². The lowest BCUT2D eigenvalue weighted by atomic mass is 9.90. The van der Waals surface area contributed by atoms with Crippen molar-refractivity contribution in [2.75, 3.05) is 26.4 Å². The second-order valence-electron chi connectivity index (χ2n) is 20.8. The van der Waals surface area contributed by atoms with E-state index in [2.05, 4.69) is 6.92 Å². The van der Waals surface area contributed by atoms with Crippen molar-refractivity contribution in [1.82, 2.24) is 0 Å². The van der Waals surface area contributed by atoms with Crippen LogP contribution in [0.25, 0.3) is 0 Å². The summed E-state index contributed by atoms with van der Waals surface area (Å²) in [4.78, 5) is 0. The van der Waals surface area contributed by atoms with Crippen LogP contribution in [0.5, 0.6) is 23.0 Å². The minimum absolute atomic E-state index is 0.0320. The molecule has 0 spiro atoms. The Balaban J connectivity index is 0.000000224. The Bertz CT molecular complexity index is 2760. The third kappa shape index (κ3) is 24.7. The van der Waals surface area contributed by atoms with Gasteiger partial charge >= 0.3 is 0 Å². The molecule has 0 amide bonds. The summed E-state index contributed by atoms with van der Waals surface area (Å²) in [5, 5.41) is 40.2. The molecule has 4 N–H and O–H groups in total. The highest BCUT2D eigenvalue weighted by molar-refractivity contribution is 5.32. The van der Waals surface area contributed by atoms with Crippen molar-refractivity contribution in [3.05, 3.63) is 119 Å². The van der Waals surface area contributed by atoms with E-state index in [1.807, 2.05) is 63.2 Å². The maximum atomic E-state index is 10.1. The molecule has 0 saturated heterocycles. The zero-order valence-electron chi connectivity index (χ0n) is 61.4. The summed E-state index contributed by atoms with van der Waals surface area (Å²) in [5.74, 6) is -0.845. The van der Waals surface area contributed by atoms with E-state index in [0.29, 0.717) is 49.1 Å². The smallest absolute Gasteiger partial charge is 0.119 e. The van der Waals surface area contributed by atoms with Gasteiger partial charge in [0.2, 0.25) is 0 Å². The van der Waals surface area contributed by atoms with E-state index in [9.17, 15) is 20.4 Å². The van der Waals surface area contributed by atoms with Gasteiger partial charge < -0.3 is 39.4 Å². The summed E-state index contributed by atoms with van der Waals surface area (Å²) in [5.41, 5.74) is 3.00. The van der Waals surface area contributed by atoms with Crippen molar-refractivity contribution in [2.45, 2.75) is 232 Å². The van der Waals surface area contributed by atoms with E-state index in [1.165, 1.54) is 57.1 Å². The average Bonchev–Trinajstić information content (AvgIpc) is 0.667. The van der Waals surface area contributed by atoms with Gasteiger partial charge in [-0.15, -0.1) is 0 Å². The lowest BCUT2D eigenvalue weighted by Crippen LogP contribution is -2.15. The topological polar surface area (TPSA) is 118 Å². The zero-order chi connectivity index (χ0) is 67.5. The van der Waals surface area contributed by atoms with Crippen molar-refractivity contribution >= 4 is 0 Å². The molecular weight excluding hydrogens is 945 g/mol. The van der Waals surface area contributed by atoms with Crippen LogP contribution in [0.4, 0.5) is 0 Å². The second kappa shape index (κ2) is 37.7. The van der Waals surface area contributed by atoms with Crippen molar-refractivity contribution in [1.29, 1.82) is 0 Å². The summed E-state index contributed by atoms with van der Waals surface area (Å²) in [7, 11) is 0. The normalized spacial score (nSPS) is 25.4. The highest BCUT2D eigenvalue weighted by Gasteiger charge is 2.19. The zero-order valence-corrected chi connectivity index (χ0v) is 46.4. The summed E-state index contributed by atoms with van der Waals surface area (Å²) in [6.45, 7) is 6.54. The predicted octanol–water partition coefficient (Wildman–Crippen LogP) is 17.9. The lowest BCUT2D eigenvalue weighted by Gasteiger charge is -2.22. The maximum absolute atomic E-state index is 10.1. The van der Waals surface area contributed by atoms with Gasteiger partial charge in [-0.1, -0.05) is 179 Å². The Kier molecular flexibility index (Phi) is 21.7. The van der Waals surface area contributed by atoms with E-state index in [1.54, 1.807) is 36.4 Å². The van der Waals surface area contributed by atoms with Gasteiger partial charge in [-0.25, -0.2) is 0 Å². The molecular formula is C68H104O8. The van der Waals surface area contributed by atoms with Crippen LogP contribution in [-0.4, -0.2) is 46.8 Å². The number of hydrogen-bond acceptors (Lipinski definition) is 8. The molecule has 0 aliphatic heterocycles. The third-order valence-corrected chi connectivity index (χ3v) is 14.2. The van der Waals surface area contributed by atoms with E-state index < -0.39 is 81.2 Å². The number of benzene rings is 4. The van der Waals surface area contributed by atoms with Gasteiger partial charge in [0.1, 0.15) is 23.0 Å². The van der Waals surface area contributed by atoms with Crippen LogP contribution in [0.3, 0.4) is 0 Å². The SMILES string of the molecule is [2H]C([2H])(Oc1cccc([C@H](O)CCC)c1)C1CCCCC1.[2H]C1(COc2cccc(C(O)CCC)c2)CCCCC1.[2H]C1([2H])C([2H])([2H])C([2H])([2H])C([2H])(COc2cccc(C(O)CCC)c2)C([2H])([2H])C1([2H])[2H].[2H]c1cc(OCC2CCCCC2)cc(C(O)CCC)c1. The Labute approximate surface area is 482 Å². The molecule has 8 heteroatoms. The number of aliphatic hydroxyl groups is 4. The molecule has 4 aliphatic rings. The highest BCUT2D eigenvalue weighted by Crippen LogP contribution is 2.31. The molecule has 4 atom stereocenters. The van der Waals surface area contributed by atoms with E-state index in [-0.39, 0.29) is 11.7 Å². The number of rotatable bonds is 24. The first-order valence-corrected chi connectivity index (χ1v) is 29.0. The minimum Gasteiger partial charge on any atom is -0.493 e. The fourth-order valence-electron chi connectivity index (χ4n) is 9.74. The molecule has 76 heavy (non-hydrogen) atoms. The van der Waals surface area contributed by atoms with Crippen LogP contribution in [-0.2, 0) is 0 Å². The molecule has 4 fully saturated rings. The Hall–Kier alpha value is -4.08. The van der Waals surface area contributed by atoms with Gasteiger partial charge in [0, 0.05) is 16.4 Å². The van der Waals surface area contributed by atoms with Gasteiger partial charge in [0.25, 0.3) is 0 Å². The number of hydrogen-bond donors (Lipinski definition) is 4. The largest absolute Gasteiger partial charge is 0.493 e. The first-order valence-electron chi connectivity index (χ1n) is 36.5. The standard InChI is InChI=1S/4C17H26O2/c4*1-2-7-17(18)15-10-6-11-16(12-15)19-13-14-8-4-3-5-9-14/h4*6,10-12,14,17-18H,2-5,7-9,13H2,1H3/t17-;;;/m1.../s1/i13D2;3D2,4D2,5D2,8D2,9D2,14D;14D;6D. The first-order chi connectivity index (χ1) is 42.8. The van der Waals surface area contributed by atoms with Crippen LogP contribution in [0.15, 0.2) is 97.0 Å². The average molecular weight is 1060 g/mol. The Morgan fingerprint density at radius 2 is 0.816 bits per heavy atom. The second-order valence-corrected chi connectivity index (χ2v) is 20.8. The number of ether oxygens (including phenoxy) is 4. The molecule has 3 unspecified atom stereocenters. The van der Waals surface area contributed by atoms with E-state index in [0.717, 1.165) is 118 Å². The minimum atomic E-state index is -3.55. The van der Waals surface area contributed by atoms with Gasteiger partial charge in [0.05, 0.1) is 54.9 Å². The summed E-state index contributed by atoms with van der Waals surface area (Å²) in [6.07, 6.45) is 3.57. The summed E-state index contributed by atoms with van der Waals surface area (Å²) >= 11 is 0. The molecule has 424 valence electrons. The van der Waals surface area contributed by atoms with Crippen molar-refractivity contribution < 1.29 is 59.9 Å². The molecule has 8 nitrogen and oxygen atoms in total. The monoisotopic (exact) mass is 1060 g/mol. The van der Waals surface area contributed by atoms with Crippen LogP contribution in [0.2, 0.25) is 0 Å². The molecule has 0 aromatic heterocycles. The van der Waals surface area contributed by atoms with Gasteiger partial charge in [-0.3, -0.25) is 0 Å². The molecule has 4 aromatic carbocycles. The number of aliphatic hydroxyl groups excluding tert-OH is 4. The molecule has 8 rings (SSSR count). The fourth-order valence-corrected chi connectivity index (χ4v) is 9.74. The van der Waals surface area contributed by atoms with Crippen LogP contribution in [0.1, 0.15) is 274 Å². The quantitative estimate of drug-likeness (QED) is 0.0548. The molecule has 0 heterocycles. The molecule has 4 aromatic rings. The van der Waals surface area contributed by atoms with Gasteiger partial charge in [-0.2, -0.15) is 0 Å². The van der Waals surface area contributed by atoms with Crippen LogP contribution >= 0.6 is 0 Å². The third-order valence-electron chi connectivity index (χ3n) is 14.2. The maximum Gasteiger partial charge on any atom is 0.119 e. The fraction of sp³-hybridized carbons (Fsp3) is 0.647. The van der Waals surface area contributed by atoms with Crippen molar-refractivity contribution in [3.8, 4) is 23.0 Å². The van der Waals surface area contributed by atoms with Crippen molar-refractivity contribution in [2.24, 2.45) is 23.6 Å². The van der Waals surface area contributed by atoms with Crippen LogP contribution < -0.4 is 18.9 Å². The molecule has 4 aliphatic carbocycles. The molecule has 4 saturated carbocycles. The lowest BCUT2D eigenvalue weighted by molar-refractivity contribution is 0.165. The van der Waals surface area contributed by atoms with E-state index in [4.69, 9.17) is 39.5 Å². The van der Waals surface area contributed by atoms with Gasteiger partial charge in [0.15, 0.2) is 0 Å². The Morgan fingerprint density at radius 3 is 1.26 bits per heavy atom. The summed E-state index contributed by atoms with van der Waals surface area (Å²) < 4.78 is 144. The van der Waals surface area contributed by atoms with Crippen molar-refractivity contribution in [3.63, 3.8) is 0 Å². The van der Waals surface area contributed by atoms with Crippen LogP contribution in [0, 0.1) is 23.6 Å². The Morgan fingerprint density at radius 1 is 0.447 bits per heavy atom. The van der Waals surface area contributed by atoms with E-state index >= 15 is 0 Å². The predicted molar refractivity (Wildman–Crippen MR) is 314 cm³/mol. The molecule has 0 bridgehead atoms. The highest BCUT2D eigenvalue weighted by atomic mass is 16.5. The molecule has 0 radical (unpaired) electrons. The first kappa shape index (κ1) is 43.8.